The number of aromatic nitrogens is 1. The fraction of sp³-hybridized carbons (Fsp3) is 0.600. The molecule has 3 saturated heterocycles. The largest absolute Gasteiger partial charge is 0.514 e. The van der Waals surface area contributed by atoms with E-state index < -0.39 is 35.3 Å². The molecule has 2 amide bonds. The van der Waals surface area contributed by atoms with Crippen molar-refractivity contribution in [3.8, 4) is 22.8 Å². The zero-order valence-corrected chi connectivity index (χ0v) is 30.3. The molecule has 4 aliphatic heterocycles. The van der Waals surface area contributed by atoms with Crippen LogP contribution in [0.4, 0.5) is 19.8 Å². The number of rotatable bonds is 4. The number of piperazine rings is 2. The van der Waals surface area contributed by atoms with E-state index in [0.717, 1.165) is 0 Å². The Morgan fingerprint density at radius 2 is 1.62 bits per heavy atom. The van der Waals surface area contributed by atoms with Gasteiger partial charge in [0.1, 0.15) is 51.5 Å². The third kappa shape index (κ3) is 7.42. The SMILES string of the molecule is CC1CN(C2COC2)CCN1c1nc(-c2c(F)cccc2OC(=O)OC(C)(C)C)c(Cl)c2c1C(=O)N1CCN(C(=O)OC(C)(C)C)C[C@@H]1CO2. The molecule has 0 N–H and O–H groups in total. The van der Waals surface area contributed by atoms with Gasteiger partial charge in [-0.25, -0.2) is 19.0 Å². The van der Waals surface area contributed by atoms with E-state index >= 15 is 4.39 Å². The van der Waals surface area contributed by atoms with Gasteiger partial charge in [0.25, 0.3) is 5.91 Å². The Morgan fingerprint density at radius 1 is 0.920 bits per heavy atom. The van der Waals surface area contributed by atoms with Gasteiger partial charge in [-0.1, -0.05) is 17.7 Å². The highest BCUT2D eigenvalue weighted by Crippen LogP contribution is 2.47. The zero-order chi connectivity index (χ0) is 36.1. The van der Waals surface area contributed by atoms with E-state index in [-0.39, 0.29) is 77.4 Å². The van der Waals surface area contributed by atoms with E-state index in [4.69, 9.17) is 40.3 Å². The highest BCUT2D eigenvalue weighted by molar-refractivity contribution is 6.35. The second kappa shape index (κ2) is 13.7. The van der Waals surface area contributed by atoms with Crippen molar-refractivity contribution in [1.82, 2.24) is 19.7 Å². The van der Waals surface area contributed by atoms with Gasteiger partial charge in [0.05, 0.1) is 30.9 Å². The molecule has 3 fully saturated rings. The maximum absolute atomic E-state index is 15.9. The molecule has 1 unspecified atom stereocenters. The van der Waals surface area contributed by atoms with Gasteiger partial charge in [-0.15, -0.1) is 0 Å². The lowest BCUT2D eigenvalue weighted by Gasteiger charge is -2.46. The van der Waals surface area contributed by atoms with Crippen LogP contribution in [0, 0.1) is 5.82 Å². The quantitative estimate of drug-likeness (QED) is 0.306. The number of anilines is 1. The van der Waals surface area contributed by atoms with E-state index in [9.17, 15) is 14.4 Å². The lowest BCUT2D eigenvalue weighted by atomic mass is 10.0. The average molecular weight is 718 g/mol. The van der Waals surface area contributed by atoms with E-state index in [1.54, 1.807) is 51.3 Å². The molecule has 272 valence electrons. The van der Waals surface area contributed by atoms with Crippen LogP contribution >= 0.6 is 11.6 Å². The number of amides is 2. The topological polar surface area (TPSA) is 123 Å². The average Bonchev–Trinajstić information content (AvgIpc) is 3.12. The monoisotopic (exact) mass is 717 g/mol. The first-order chi connectivity index (χ1) is 23.5. The van der Waals surface area contributed by atoms with E-state index in [0.29, 0.717) is 38.9 Å². The predicted octanol–water partition coefficient (Wildman–Crippen LogP) is 5.22. The highest BCUT2D eigenvalue weighted by Gasteiger charge is 2.43. The van der Waals surface area contributed by atoms with Crippen LogP contribution in [0.25, 0.3) is 11.3 Å². The summed E-state index contributed by atoms with van der Waals surface area (Å²) in [7, 11) is 0. The van der Waals surface area contributed by atoms with Gasteiger partial charge < -0.3 is 38.4 Å². The number of carbonyl (C=O) groups is 3. The molecule has 50 heavy (non-hydrogen) atoms. The van der Waals surface area contributed by atoms with Gasteiger partial charge in [0.15, 0.2) is 5.75 Å². The van der Waals surface area contributed by atoms with Crippen molar-refractivity contribution in [1.29, 1.82) is 0 Å². The molecule has 4 aliphatic rings. The summed E-state index contributed by atoms with van der Waals surface area (Å²) >= 11 is 7.05. The lowest BCUT2D eigenvalue weighted by molar-refractivity contribution is -0.0692. The Morgan fingerprint density at radius 3 is 2.26 bits per heavy atom. The van der Waals surface area contributed by atoms with Crippen LogP contribution in [0.2, 0.25) is 5.02 Å². The third-order valence-corrected chi connectivity index (χ3v) is 9.32. The summed E-state index contributed by atoms with van der Waals surface area (Å²) in [6.07, 6.45) is -1.51. The maximum atomic E-state index is 15.9. The second-order valence-corrected chi connectivity index (χ2v) is 15.5. The van der Waals surface area contributed by atoms with Crippen molar-refractivity contribution in [2.75, 3.05) is 64.0 Å². The minimum absolute atomic E-state index is 0.00417. The van der Waals surface area contributed by atoms with Crippen LogP contribution in [-0.4, -0.2) is 126 Å². The molecule has 15 heteroatoms. The van der Waals surface area contributed by atoms with Gasteiger partial charge >= 0.3 is 12.2 Å². The Kier molecular flexibility index (Phi) is 9.83. The van der Waals surface area contributed by atoms with Crippen LogP contribution in [0.1, 0.15) is 58.8 Å². The molecular formula is C35H45ClFN5O8. The van der Waals surface area contributed by atoms with Crippen molar-refractivity contribution in [2.45, 2.75) is 77.8 Å². The van der Waals surface area contributed by atoms with Crippen LogP contribution in [0.3, 0.4) is 0 Å². The van der Waals surface area contributed by atoms with Crippen LogP contribution < -0.4 is 14.4 Å². The van der Waals surface area contributed by atoms with Gasteiger partial charge in [-0.2, -0.15) is 0 Å². The normalized spacial score (nSPS) is 21.8. The van der Waals surface area contributed by atoms with Crippen LogP contribution in [0.5, 0.6) is 11.5 Å². The second-order valence-electron chi connectivity index (χ2n) is 15.1. The molecule has 13 nitrogen and oxygen atoms in total. The highest BCUT2D eigenvalue weighted by atomic mass is 35.5. The Balaban J connectivity index is 1.42. The minimum atomic E-state index is -1.03. The summed E-state index contributed by atoms with van der Waals surface area (Å²) in [6.45, 7) is 16.4. The first-order valence-corrected chi connectivity index (χ1v) is 17.3. The maximum Gasteiger partial charge on any atom is 0.514 e. The smallest absolute Gasteiger partial charge is 0.489 e. The van der Waals surface area contributed by atoms with Crippen molar-refractivity contribution in [3.63, 3.8) is 0 Å². The fourth-order valence-corrected chi connectivity index (χ4v) is 6.84. The number of hydrogen-bond donors (Lipinski definition) is 0. The first-order valence-electron chi connectivity index (χ1n) is 16.9. The molecule has 2 aromatic rings. The van der Waals surface area contributed by atoms with E-state index in [2.05, 4.69) is 4.90 Å². The molecule has 2 atom stereocenters. The molecule has 6 rings (SSSR count). The lowest BCUT2D eigenvalue weighted by Crippen LogP contribution is -2.60. The minimum Gasteiger partial charge on any atom is -0.489 e. The third-order valence-electron chi connectivity index (χ3n) is 8.97. The Labute approximate surface area is 296 Å². The molecule has 0 bridgehead atoms. The Bertz CT molecular complexity index is 1660. The summed E-state index contributed by atoms with van der Waals surface area (Å²) < 4.78 is 44.1. The molecule has 0 spiro atoms. The van der Waals surface area contributed by atoms with Crippen molar-refractivity contribution >= 4 is 35.6 Å². The molecule has 0 aliphatic carbocycles. The molecule has 1 aromatic carbocycles. The zero-order valence-electron chi connectivity index (χ0n) is 29.6. The number of halogens is 2. The van der Waals surface area contributed by atoms with Crippen molar-refractivity contribution in [2.24, 2.45) is 0 Å². The van der Waals surface area contributed by atoms with Crippen molar-refractivity contribution < 1.29 is 42.5 Å². The summed E-state index contributed by atoms with van der Waals surface area (Å²) in [5, 5.41) is -0.113. The predicted molar refractivity (Wildman–Crippen MR) is 183 cm³/mol. The van der Waals surface area contributed by atoms with Gasteiger partial charge in [0, 0.05) is 45.3 Å². The summed E-state index contributed by atoms with van der Waals surface area (Å²) in [5.41, 5.74) is -1.62. The summed E-state index contributed by atoms with van der Waals surface area (Å²) in [4.78, 5) is 52.8. The van der Waals surface area contributed by atoms with Crippen LogP contribution in [0.15, 0.2) is 18.2 Å². The van der Waals surface area contributed by atoms with Crippen molar-refractivity contribution in [3.05, 3.63) is 34.6 Å². The number of nitrogens with zero attached hydrogens (tertiary/aromatic N) is 5. The molecular weight excluding hydrogens is 673 g/mol. The fourth-order valence-electron chi connectivity index (χ4n) is 6.56. The number of pyridine rings is 1. The number of carbonyl (C=O) groups excluding carboxylic acids is 3. The number of fused-ring (bicyclic) bond motifs is 2. The molecule has 0 saturated carbocycles. The number of benzene rings is 1. The Hall–Kier alpha value is -3.88. The number of ether oxygens (including phenoxy) is 5. The van der Waals surface area contributed by atoms with Gasteiger partial charge in [-0.05, 0) is 60.6 Å². The molecule has 1 aromatic heterocycles. The number of hydrogen-bond acceptors (Lipinski definition) is 11. The van der Waals surface area contributed by atoms with Gasteiger partial charge in [-0.3, -0.25) is 9.69 Å². The summed E-state index contributed by atoms with van der Waals surface area (Å²) in [5.74, 6) is -0.943. The standard InChI is InChI=1S/C35H45ClFN5O8/c1-20-15-39(22-17-46-18-22)11-13-41(20)30-26-29(47-19-21-16-40(12-14-42(21)31(26)43)32(44)49-34(2,3)4)27(36)28(38-30)25-23(37)9-8-10-24(25)48-33(45)50-35(5,6)7/h8-10,20-22H,11-19H2,1-7H3/t20?,21-/m1/s1. The van der Waals surface area contributed by atoms with Crippen LogP contribution in [-0.2, 0) is 14.2 Å². The molecule has 0 radical (unpaired) electrons. The van der Waals surface area contributed by atoms with Gasteiger partial charge in [0.2, 0.25) is 0 Å². The molecule has 5 heterocycles. The summed E-state index contributed by atoms with van der Waals surface area (Å²) in [6, 6.07) is 3.73. The first kappa shape index (κ1) is 35.9. The van der Waals surface area contributed by atoms with E-state index in [1.807, 2.05) is 11.8 Å². The van der Waals surface area contributed by atoms with E-state index in [1.165, 1.54) is 18.2 Å².